The molecule has 0 spiro atoms. The predicted octanol–water partition coefficient (Wildman–Crippen LogP) is 3.35. The SMILES string of the molecule is CCOc1cc(F)cc(C2=CC3CCCC(C2)S3(=O)=O)c1. The molecule has 114 valence electrons. The molecule has 1 aromatic carbocycles. The molecule has 0 N–H and O–H groups in total. The van der Waals surface area contributed by atoms with Gasteiger partial charge in [0, 0.05) is 6.07 Å². The number of rotatable bonds is 3. The number of fused-ring (bicyclic) bond motifs is 2. The first-order chi connectivity index (χ1) is 10.0. The summed E-state index contributed by atoms with van der Waals surface area (Å²) in [5.74, 6) is 0.141. The predicted molar refractivity (Wildman–Crippen MR) is 80.5 cm³/mol. The van der Waals surface area contributed by atoms with Crippen molar-refractivity contribution in [3.63, 3.8) is 0 Å². The molecule has 2 bridgehead atoms. The van der Waals surface area contributed by atoms with Crippen LogP contribution in [0.15, 0.2) is 24.3 Å². The lowest BCUT2D eigenvalue weighted by Crippen LogP contribution is -2.38. The molecule has 5 heteroatoms. The second kappa shape index (κ2) is 5.44. The normalized spacial score (nSPS) is 27.0. The maximum atomic E-state index is 13.7. The molecule has 2 aliphatic rings. The molecule has 0 aromatic heterocycles. The number of sulfone groups is 1. The molecule has 2 unspecified atom stereocenters. The third-order valence-electron chi connectivity index (χ3n) is 4.29. The number of benzene rings is 1. The monoisotopic (exact) mass is 310 g/mol. The van der Waals surface area contributed by atoms with Crippen LogP contribution in [-0.4, -0.2) is 25.5 Å². The van der Waals surface area contributed by atoms with Gasteiger partial charge >= 0.3 is 0 Å². The van der Waals surface area contributed by atoms with E-state index in [1.54, 1.807) is 6.07 Å². The molecule has 0 radical (unpaired) electrons. The fourth-order valence-electron chi connectivity index (χ4n) is 3.27. The Morgan fingerprint density at radius 3 is 2.81 bits per heavy atom. The van der Waals surface area contributed by atoms with E-state index in [1.807, 2.05) is 13.0 Å². The fraction of sp³-hybridized carbons (Fsp3) is 0.500. The van der Waals surface area contributed by atoms with Crippen LogP contribution in [0.4, 0.5) is 4.39 Å². The lowest BCUT2D eigenvalue weighted by molar-refractivity contribution is 0.338. The molecule has 2 heterocycles. The molecule has 3 rings (SSSR count). The average Bonchev–Trinajstić information content (AvgIpc) is 2.36. The van der Waals surface area contributed by atoms with Crippen molar-refractivity contribution >= 4 is 15.4 Å². The van der Waals surface area contributed by atoms with Crippen molar-refractivity contribution in [1.82, 2.24) is 0 Å². The van der Waals surface area contributed by atoms with Crippen molar-refractivity contribution in [2.75, 3.05) is 6.61 Å². The van der Waals surface area contributed by atoms with Gasteiger partial charge in [-0.15, -0.1) is 0 Å². The fourth-order valence-corrected chi connectivity index (χ4v) is 5.52. The molecule has 0 aliphatic carbocycles. The summed E-state index contributed by atoms with van der Waals surface area (Å²) in [6.07, 6.45) is 4.63. The van der Waals surface area contributed by atoms with Crippen LogP contribution in [0.1, 0.15) is 38.2 Å². The Balaban J connectivity index is 2.00. The van der Waals surface area contributed by atoms with Crippen LogP contribution >= 0.6 is 0 Å². The van der Waals surface area contributed by atoms with E-state index in [2.05, 4.69) is 0 Å². The summed E-state index contributed by atoms with van der Waals surface area (Å²) >= 11 is 0. The maximum absolute atomic E-state index is 13.7. The first-order valence-electron chi connectivity index (χ1n) is 7.38. The van der Waals surface area contributed by atoms with Crippen LogP contribution in [0, 0.1) is 5.82 Å². The van der Waals surface area contributed by atoms with E-state index in [-0.39, 0.29) is 11.1 Å². The maximum Gasteiger partial charge on any atom is 0.159 e. The average molecular weight is 310 g/mol. The van der Waals surface area contributed by atoms with Crippen molar-refractivity contribution in [3.05, 3.63) is 35.7 Å². The zero-order valence-electron chi connectivity index (χ0n) is 12.0. The van der Waals surface area contributed by atoms with Gasteiger partial charge in [0.25, 0.3) is 0 Å². The highest BCUT2D eigenvalue weighted by molar-refractivity contribution is 7.93. The van der Waals surface area contributed by atoms with Crippen LogP contribution in [0.25, 0.3) is 5.57 Å². The topological polar surface area (TPSA) is 43.4 Å². The highest BCUT2D eigenvalue weighted by Crippen LogP contribution is 2.39. The van der Waals surface area contributed by atoms with Crippen molar-refractivity contribution in [2.45, 2.75) is 43.1 Å². The molecule has 1 aromatic rings. The molecule has 21 heavy (non-hydrogen) atoms. The largest absolute Gasteiger partial charge is 0.494 e. The minimum Gasteiger partial charge on any atom is -0.494 e. The summed E-state index contributed by atoms with van der Waals surface area (Å²) in [5.41, 5.74) is 1.67. The summed E-state index contributed by atoms with van der Waals surface area (Å²) in [6, 6.07) is 4.61. The molecule has 0 saturated carbocycles. The molecule has 2 atom stereocenters. The second-order valence-corrected chi connectivity index (χ2v) is 8.14. The minimum absolute atomic E-state index is 0.310. The van der Waals surface area contributed by atoms with Crippen molar-refractivity contribution in [3.8, 4) is 5.75 Å². The van der Waals surface area contributed by atoms with E-state index >= 15 is 0 Å². The summed E-state index contributed by atoms with van der Waals surface area (Å²) in [5, 5.41) is -0.714. The molecule has 2 aliphatic heterocycles. The zero-order valence-corrected chi connectivity index (χ0v) is 12.8. The Hall–Kier alpha value is -1.36. The summed E-state index contributed by atoms with van der Waals surface area (Å²) in [7, 11) is -3.04. The first-order valence-corrected chi connectivity index (χ1v) is 8.99. The highest BCUT2D eigenvalue weighted by Gasteiger charge is 2.40. The molecular formula is C16H19FO3S. The van der Waals surface area contributed by atoms with Gasteiger partial charge in [0.15, 0.2) is 9.84 Å². The third-order valence-corrected chi connectivity index (χ3v) is 6.84. The van der Waals surface area contributed by atoms with E-state index in [0.29, 0.717) is 31.6 Å². The number of hydrogen-bond acceptors (Lipinski definition) is 3. The van der Waals surface area contributed by atoms with Crippen molar-refractivity contribution in [2.24, 2.45) is 0 Å². The van der Waals surface area contributed by atoms with Crippen LogP contribution < -0.4 is 4.74 Å². The van der Waals surface area contributed by atoms with E-state index in [9.17, 15) is 12.8 Å². The van der Waals surface area contributed by atoms with Gasteiger partial charge in [0.1, 0.15) is 11.6 Å². The van der Waals surface area contributed by atoms with Gasteiger partial charge in [-0.3, -0.25) is 0 Å². The molecule has 3 nitrogen and oxygen atoms in total. The van der Waals surface area contributed by atoms with E-state index in [0.717, 1.165) is 17.6 Å². The van der Waals surface area contributed by atoms with Gasteiger partial charge in [0.05, 0.1) is 17.1 Å². The zero-order chi connectivity index (χ0) is 15.0. The standard InChI is InChI=1S/C16H19FO3S/c1-2-20-14-7-11(6-13(17)10-14)12-8-15-4-3-5-16(9-12)21(15,18)19/h6-8,10,15-16H,2-5,9H2,1H3. The first kappa shape index (κ1) is 14.6. The van der Waals surface area contributed by atoms with Gasteiger partial charge in [-0.25, -0.2) is 12.8 Å². The van der Waals surface area contributed by atoms with Gasteiger partial charge < -0.3 is 4.74 Å². The Kier molecular flexibility index (Phi) is 3.78. The van der Waals surface area contributed by atoms with E-state index in [1.165, 1.54) is 12.1 Å². The third kappa shape index (κ3) is 2.71. The smallest absolute Gasteiger partial charge is 0.159 e. The van der Waals surface area contributed by atoms with E-state index < -0.39 is 15.1 Å². The van der Waals surface area contributed by atoms with E-state index in [4.69, 9.17) is 4.74 Å². The lowest BCUT2D eigenvalue weighted by atomic mass is 9.93. The van der Waals surface area contributed by atoms with Crippen LogP contribution in [0.2, 0.25) is 0 Å². The van der Waals surface area contributed by atoms with Gasteiger partial charge in [-0.05, 0) is 49.5 Å². The number of halogens is 1. The van der Waals surface area contributed by atoms with Crippen LogP contribution in [0.3, 0.4) is 0 Å². The number of allylic oxidation sites excluding steroid dienone is 1. The Morgan fingerprint density at radius 2 is 2.10 bits per heavy atom. The van der Waals surface area contributed by atoms with Gasteiger partial charge in [-0.1, -0.05) is 12.5 Å². The van der Waals surface area contributed by atoms with Gasteiger partial charge in [0.2, 0.25) is 0 Å². The Labute approximate surface area is 124 Å². The van der Waals surface area contributed by atoms with Gasteiger partial charge in [-0.2, -0.15) is 0 Å². The van der Waals surface area contributed by atoms with Crippen molar-refractivity contribution < 1.29 is 17.5 Å². The summed E-state index contributed by atoms with van der Waals surface area (Å²) < 4.78 is 43.6. The molecule has 1 fully saturated rings. The Morgan fingerprint density at radius 1 is 1.29 bits per heavy atom. The highest BCUT2D eigenvalue weighted by atomic mass is 32.2. The lowest BCUT2D eigenvalue weighted by Gasteiger charge is -2.33. The molecule has 0 amide bonds. The summed E-state index contributed by atoms with van der Waals surface area (Å²) in [4.78, 5) is 0. The molecular weight excluding hydrogens is 291 g/mol. The summed E-state index contributed by atoms with van der Waals surface area (Å²) in [6.45, 7) is 2.32. The van der Waals surface area contributed by atoms with Crippen molar-refractivity contribution in [1.29, 1.82) is 0 Å². The Bertz CT molecular complexity index is 679. The van der Waals surface area contributed by atoms with Crippen LogP contribution in [0.5, 0.6) is 5.75 Å². The number of ether oxygens (including phenoxy) is 1. The molecule has 1 saturated heterocycles. The van der Waals surface area contributed by atoms with Crippen LogP contribution in [-0.2, 0) is 9.84 Å². The quantitative estimate of drug-likeness (QED) is 0.860. The number of hydrogen-bond donors (Lipinski definition) is 0. The minimum atomic E-state index is -3.04. The second-order valence-electron chi connectivity index (χ2n) is 5.69.